The normalized spacial score (nSPS) is 23.0. The van der Waals surface area contributed by atoms with Gasteiger partial charge in [-0.15, -0.1) is 0 Å². The maximum Gasteiger partial charge on any atom is 0.228 e. The summed E-state index contributed by atoms with van der Waals surface area (Å²) in [6, 6.07) is 14.7. The number of hydrogen-bond acceptors (Lipinski definition) is 5. The fraction of sp³-hybridized carbons (Fsp3) is 0.481. The minimum atomic E-state index is -0.402. The van der Waals surface area contributed by atoms with Crippen LogP contribution in [0.3, 0.4) is 0 Å². The minimum Gasteiger partial charge on any atom is -0.497 e. The molecule has 0 aliphatic carbocycles. The Morgan fingerprint density at radius 1 is 0.971 bits per heavy atom. The lowest BCUT2D eigenvalue weighted by Crippen LogP contribution is -2.52. The van der Waals surface area contributed by atoms with Crippen LogP contribution in [0.2, 0.25) is 0 Å². The monoisotopic (exact) mass is 466 g/mol. The first kappa shape index (κ1) is 24.1. The van der Waals surface area contributed by atoms with E-state index in [1.165, 1.54) is 0 Å². The molecule has 3 atom stereocenters. The summed E-state index contributed by atoms with van der Waals surface area (Å²) in [5, 5.41) is 0. The van der Waals surface area contributed by atoms with Gasteiger partial charge in [-0.1, -0.05) is 12.1 Å². The minimum absolute atomic E-state index is 0.0147. The van der Waals surface area contributed by atoms with Crippen molar-refractivity contribution in [2.24, 2.45) is 5.92 Å². The maximum atomic E-state index is 13.9. The second kappa shape index (κ2) is 10.9. The van der Waals surface area contributed by atoms with E-state index in [0.717, 1.165) is 42.1 Å². The predicted octanol–water partition coefficient (Wildman–Crippen LogP) is 4.22. The molecule has 0 spiro atoms. The van der Waals surface area contributed by atoms with Crippen molar-refractivity contribution in [1.29, 1.82) is 0 Å². The molecule has 2 fully saturated rings. The zero-order valence-electron chi connectivity index (χ0n) is 20.2. The molecular weight excluding hydrogens is 432 g/mol. The fourth-order valence-corrected chi connectivity index (χ4v) is 5.13. The predicted molar refractivity (Wildman–Crippen MR) is 130 cm³/mol. The number of piperidine rings is 2. The molecule has 7 heteroatoms. The van der Waals surface area contributed by atoms with Crippen molar-refractivity contribution in [3.8, 4) is 11.5 Å². The van der Waals surface area contributed by atoms with Gasteiger partial charge < -0.3 is 24.0 Å². The summed E-state index contributed by atoms with van der Waals surface area (Å²) < 4.78 is 16.5. The van der Waals surface area contributed by atoms with Crippen molar-refractivity contribution in [1.82, 2.24) is 4.90 Å². The highest BCUT2D eigenvalue weighted by molar-refractivity contribution is 5.97. The molecule has 0 aromatic heterocycles. The van der Waals surface area contributed by atoms with Crippen molar-refractivity contribution in [2.45, 2.75) is 44.8 Å². The number of amides is 2. The van der Waals surface area contributed by atoms with Crippen molar-refractivity contribution < 1.29 is 23.8 Å². The number of hydrogen-bond donors (Lipinski definition) is 0. The van der Waals surface area contributed by atoms with Crippen LogP contribution < -0.4 is 14.4 Å². The molecule has 2 amide bonds. The Hall–Kier alpha value is -3.06. The summed E-state index contributed by atoms with van der Waals surface area (Å²) in [5.74, 6) is 1.23. The molecular formula is C27H34N2O5. The van der Waals surface area contributed by atoms with Gasteiger partial charge in [0.25, 0.3) is 0 Å². The number of benzene rings is 2. The lowest BCUT2D eigenvalue weighted by Gasteiger charge is -2.43. The van der Waals surface area contributed by atoms with Gasteiger partial charge in [-0.2, -0.15) is 0 Å². The summed E-state index contributed by atoms with van der Waals surface area (Å²) >= 11 is 0. The SMILES string of the molecule is CCOC1CCCN(C(=O)C2CCC(=O)N(c3ccc(OC)cc3)C2c2ccc(OC)cc2)C1. The highest BCUT2D eigenvalue weighted by Crippen LogP contribution is 2.42. The van der Waals surface area contributed by atoms with Gasteiger partial charge in [0.05, 0.1) is 32.3 Å². The third kappa shape index (κ3) is 5.04. The zero-order valence-corrected chi connectivity index (χ0v) is 20.2. The van der Waals surface area contributed by atoms with Gasteiger partial charge >= 0.3 is 0 Å². The van der Waals surface area contributed by atoms with Gasteiger partial charge in [0.1, 0.15) is 11.5 Å². The summed E-state index contributed by atoms with van der Waals surface area (Å²) in [4.78, 5) is 30.9. The molecule has 3 unspecified atom stereocenters. The Kier molecular flexibility index (Phi) is 7.73. The van der Waals surface area contributed by atoms with Crippen LogP contribution in [0.1, 0.15) is 44.2 Å². The number of methoxy groups -OCH3 is 2. The summed E-state index contributed by atoms with van der Waals surface area (Å²) in [6.07, 6.45) is 2.83. The summed E-state index contributed by atoms with van der Waals surface area (Å²) in [6.45, 7) is 3.96. The van der Waals surface area contributed by atoms with Crippen LogP contribution in [0.5, 0.6) is 11.5 Å². The van der Waals surface area contributed by atoms with E-state index in [-0.39, 0.29) is 23.8 Å². The maximum absolute atomic E-state index is 13.9. The molecule has 2 aromatic rings. The number of ether oxygens (including phenoxy) is 3. The molecule has 0 N–H and O–H groups in total. The van der Waals surface area contributed by atoms with Gasteiger partial charge in [-0.3, -0.25) is 9.59 Å². The Balaban J connectivity index is 1.70. The fourth-order valence-electron chi connectivity index (χ4n) is 5.13. The first-order valence-corrected chi connectivity index (χ1v) is 12.1. The number of carbonyl (C=O) groups is 2. The van der Waals surface area contributed by atoms with Crippen molar-refractivity contribution >= 4 is 17.5 Å². The van der Waals surface area contributed by atoms with Crippen LogP contribution in [0.15, 0.2) is 48.5 Å². The topological polar surface area (TPSA) is 68.3 Å². The molecule has 182 valence electrons. The number of anilines is 1. The van der Waals surface area contributed by atoms with E-state index in [2.05, 4.69) is 0 Å². The quantitative estimate of drug-likeness (QED) is 0.611. The molecule has 7 nitrogen and oxygen atoms in total. The molecule has 0 saturated carbocycles. The van der Waals surface area contributed by atoms with E-state index in [4.69, 9.17) is 14.2 Å². The van der Waals surface area contributed by atoms with Gasteiger partial charge in [-0.05, 0) is 68.1 Å². The second-order valence-corrected chi connectivity index (χ2v) is 8.83. The smallest absolute Gasteiger partial charge is 0.228 e. The highest BCUT2D eigenvalue weighted by Gasteiger charge is 2.43. The van der Waals surface area contributed by atoms with Gasteiger partial charge in [0.2, 0.25) is 11.8 Å². The molecule has 34 heavy (non-hydrogen) atoms. The Bertz CT molecular complexity index is 974. The zero-order chi connectivity index (χ0) is 24.1. The number of carbonyl (C=O) groups excluding carboxylic acids is 2. The molecule has 2 aliphatic heterocycles. The largest absolute Gasteiger partial charge is 0.497 e. The van der Waals surface area contributed by atoms with Crippen LogP contribution in [-0.4, -0.2) is 56.7 Å². The van der Waals surface area contributed by atoms with Crippen molar-refractivity contribution in [3.05, 3.63) is 54.1 Å². The van der Waals surface area contributed by atoms with Crippen LogP contribution in [0.25, 0.3) is 0 Å². The van der Waals surface area contributed by atoms with Crippen LogP contribution in [-0.2, 0) is 14.3 Å². The standard InChI is InChI=1S/C27H34N2O5/c1-4-34-23-6-5-17-28(18-23)27(31)24-15-16-25(30)29(20-9-13-22(33-3)14-10-20)26(24)19-7-11-21(32-2)12-8-19/h7-14,23-24,26H,4-6,15-18H2,1-3H3. The van der Waals surface area contributed by atoms with Gasteiger partial charge in [0.15, 0.2) is 0 Å². The molecule has 2 saturated heterocycles. The third-order valence-electron chi connectivity index (χ3n) is 6.81. The number of nitrogens with zero attached hydrogens (tertiary/aromatic N) is 2. The Morgan fingerprint density at radius 2 is 1.62 bits per heavy atom. The van der Waals surface area contributed by atoms with Gasteiger partial charge in [-0.25, -0.2) is 0 Å². The van der Waals surface area contributed by atoms with E-state index in [0.29, 0.717) is 26.0 Å². The van der Waals surface area contributed by atoms with E-state index < -0.39 is 6.04 Å². The molecule has 2 heterocycles. The van der Waals surface area contributed by atoms with Crippen molar-refractivity contribution in [3.63, 3.8) is 0 Å². The van der Waals surface area contributed by atoms with E-state index in [1.54, 1.807) is 19.1 Å². The Labute approximate surface area is 201 Å². The van der Waals surface area contributed by atoms with Gasteiger partial charge in [0, 0.05) is 31.8 Å². The second-order valence-electron chi connectivity index (χ2n) is 8.83. The Morgan fingerprint density at radius 3 is 2.24 bits per heavy atom. The first-order valence-electron chi connectivity index (χ1n) is 12.1. The van der Waals surface area contributed by atoms with E-state index in [9.17, 15) is 9.59 Å². The van der Waals surface area contributed by atoms with Crippen LogP contribution >= 0.6 is 0 Å². The molecule has 0 radical (unpaired) electrons. The lowest BCUT2D eigenvalue weighted by molar-refractivity contribution is -0.142. The van der Waals surface area contributed by atoms with Crippen LogP contribution in [0, 0.1) is 5.92 Å². The van der Waals surface area contributed by atoms with Crippen LogP contribution in [0.4, 0.5) is 5.69 Å². The third-order valence-corrected chi connectivity index (χ3v) is 6.81. The number of rotatable bonds is 7. The first-order chi connectivity index (χ1) is 16.5. The summed E-state index contributed by atoms with van der Waals surface area (Å²) in [5.41, 5.74) is 1.68. The highest BCUT2D eigenvalue weighted by atomic mass is 16.5. The molecule has 4 rings (SSSR count). The lowest BCUT2D eigenvalue weighted by atomic mass is 9.82. The molecule has 2 aliphatic rings. The van der Waals surface area contributed by atoms with E-state index in [1.807, 2.05) is 60.4 Å². The van der Waals surface area contributed by atoms with E-state index >= 15 is 0 Å². The molecule has 2 aromatic carbocycles. The molecule has 0 bridgehead atoms. The average molecular weight is 467 g/mol. The van der Waals surface area contributed by atoms with Crippen molar-refractivity contribution in [2.75, 3.05) is 38.8 Å². The number of likely N-dealkylation sites (tertiary alicyclic amines) is 1. The summed E-state index contributed by atoms with van der Waals surface area (Å²) in [7, 11) is 3.24. The average Bonchev–Trinajstić information content (AvgIpc) is 2.88.